The largest absolute Gasteiger partial charge is 0.370 e. The Bertz CT molecular complexity index is 476. The van der Waals surface area contributed by atoms with E-state index in [0.717, 1.165) is 37.5 Å². The van der Waals surface area contributed by atoms with E-state index in [1.54, 1.807) is 0 Å². The molecule has 0 aromatic heterocycles. The zero-order valence-corrected chi connectivity index (χ0v) is 14.0. The molecule has 0 aliphatic carbocycles. The summed E-state index contributed by atoms with van der Waals surface area (Å²) in [4.78, 5) is 6.98. The summed E-state index contributed by atoms with van der Waals surface area (Å²) >= 11 is 0. The molecule has 0 amide bonds. The van der Waals surface area contributed by atoms with Gasteiger partial charge in [0.2, 0.25) is 0 Å². The van der Waals surface area contributed by atoms with Crippen LogP contribution >= 0.6 is 0 Å². The predicted octanol–water partition coefficient (Wildman–Crippen LogP) is 3.10. The lowest BCUT2D eigenvalue weighted by atomic mass is 9.99. The Morgan fingerprint density at radius 2 is 2.14 bits per heavy atom. The summed E-state index contributed by atoms with van der Waals surface area (Å²) in [7, 11) is 0. The molecular formula is C18H30N4. The van der Waals surface area contributed by atoms with E-state index in [2.05, 4.69) is 41.2 Å². The van der Waals surface area contributed by atoms with Crippen molar-refractivity contribution < 1.29 is 0 Å². The minimum atomic E-state index is 0.514. The Labute approximate surface area is 134 Å². The maximum absolute atomic E-state index is 5.96. The molecule has 4 heteroatoms. The van der Waals surface area contributed by atoms with Gasteiger partial charge >= 0.3 is 0 Å². The number of rotatable bonds is 6. The summed E-state index contributed by atoms with van der Waals surface area (Å²) in [5, 5.41) is 3.17. The van der Waals surface area contributed by atoms with Crippen molar-refractivity contribution in [3.63, 3.8) is 0 Å². The molecule has 0 atom stereocenters. The smallest absolute Gasteiger partial charge is 0.193 e. The Balaban J connectivity index is 1.69. The van der Waals surface area contributed by atoms with Crippen LogP contribution < -0.4 is 11.1 Å². The highest BCUT2D eigenvalue weighted by Crippen LogP contribution is 2.15. The van der Waals surface area contributed by atoms with Gasteiger partial charge in [0, 0.05) is 12.2 Å². The van der Waals surface area contributed by atoms with E-state index >= 15 is 0 Å². The Kier molecular flexibility index (Phi) is 6.72. The van der Waals surface area contributed by atoms with Gasteiger partial charge < -0.3 is 16.0 Å². The molecule has 0 spiro atoms. The summed E-state index contributed by atoms with van der Waals surface area (Å²) in [6.45, 7) is 8.90. The number of benzene rings is 1. The van der Waals surface area contributed by atoms with Gasteiger partial charge in [-0.15, -0.1) is 0 Å². The van der Waals surface area contributed by atoms with Crippen LogP contribution in [-0.4, -0.2) is 37.0 Å². The molecule has 1 aromatic rings. The van der Waals surface area contributed by atoms with Crippen LogP contribution in [0.25, 0.3) is 0 Å². The monoisotopic (exact) mass is 302 g/mol. The second-order valence-corrected chi connectivity index (χ2v) is 6.32. The summed E-state index contributed by atoms with van der Waals surface area (Å²) in [5.74, 6) is 1.41. The van der Waals surface area contributed by atoms with Crippen molar-refractivity contribution in [1.82, 2.24) is 4.90 Å². The molecule has 1 aliphatic rings. The normalized spacial score (nSPS) is 17.6. The Morgan fingerprint density at radius 3 is 2.86 bits per heavy atom. The van der Waals surface area contributed by atoms with E-state index in [1.165, 1.54) is 31.5 Å². The minimum absolute atomic E-state index is 0.514. The molecule has 1 aliphatic heterocycles. The molecule has 3 N–H and O–H groups in total. The van der Waals surface area contributed by atoms with Crippen molar-refractivity contribution in [2.45, 2.75) is 39.5 Å². The number of piperidine rings is 1. The first-order valence-corrected chi connectivity index (χ1v) is 8.55. The molecule has 122 valence electrons. The number of nitrogens with one attached hydrogen (secondary N) is 1. The zero-order chi connectivity index (χ0) is 15.8. The lowest BCUT2D eigenvalue weighted by Gasteiger charge is -2.29. The van der Waals surface area contributed by atoms with Gasteiger partial charge in [-0.2, -0.15) is 0 Å². The number of hydrogen-bond acceptors (Lipinski definition) is 2. The molecule has 1 aromatic carbocycles. The first kappa shape index (κ1) is 16.8. The van der Waals surface area contributed by atoms with E-state index < -0.39 is 0 Å². The van der Waals surface area contributed by atoms with Crippen LogP contribution in [0.1, 0.15) is 38.7 Å². The fraction of sp³-hybridized carbons (Fsp3) is 0.611. The summed E-state index contributed by atoms with van der Waals surface area (Å²) in [6, 6.07) is 8.32. The first-order chi connectivity index (χ1) is 10.7. The van der Waals surface area contributed by atoms with Gasteiger partial charge in [0.1, 0.15) is 0 Å². The second-order valence-electron chi connectivity index (χ2n) is 6.32. The Hall–Kier alpha value is -1.55. The fourth-order valence-electron chi connectivity index (χ4n) is 2.84. The SMILES string of the molecule is CCc1cccc(NC(N)=NCCCN2CCC(C)CC2)c1. The summed E-state index contributed by atoms with van der Waals surface area (Å²) in [6.07, 6.45) is 4.77. The van der Waals surface area contributed by atoms with Crippen molar-refractivity contribution in [2.75, 3.05) is 31.5 Å². The Morgan fingerprint density at radius 1 is 1.36 bits per heavy atom. The maximum atomic E-state index is 5.96. The highest BCUT2D eigenvalue weighted by Gasteiger charge is 2.14. The molecular weight excluding hydrogens is 272 g/mol. The number of aliphatic imine (C=N–C) groups is 1. The van der Waals surface area contributed by atoms with Crippen LogP contribution in [0.3, 0.4) is 0 Å². The van der Waals surface area contributed by atoms with Gasteiger partial charge in [0.05, 0.1) is 0 Å². The summed E-state index contributed by atoms with van der Waals surface area (Å²) in [5.41, 5.74) is 8.28. The van der Waals surface area contributed by atoms with Gasteiger partial charge in [-0.3, -0.25) is 4.99 Å². The van der Waals surface area contributed by atoms with Crippen molar-refractivity contribution in [1.29, 1.82) is 0 Å². The third-order valence-corrected chi connectivity index (χ3v) is 4.40. The topological polar surface area (TPSA) is 53.6 Å². The average molecular weight is 302 g/mol. The molecule has 1 saturated heterocycles. The predicted molar refractivity (Wildman–Crippen MR) is 95.4 cm³/mol. The van der Waals surface area contributed by atoms with Crippen molar-refractivity contribution in [2.24, 2.45) is 16.6 Å². The van der Waals surface area contributed by atoms with Gasteiger partial charge in [-0.1, -0.05) is 26.0 Å². The van der Waals surface area contributed by atoms with Crippen LogP contribution in [0.5, 0.6) is 0 Å². The van der Waals surface area contributed by atoms with Crippen molar-refractivity contribution in [3.8, 4) is 0 Å². The van der Waals surface area contributed by atoms with Gasteiger partial charge in [0.15, 0.2) is 5.96 Å². The highest BCUT2D eigenvalue weighted by molar-refractivity contribution is 5.92. The van der Waals surface area contributed by atoms with Crippen LogP contribution in [0.15, 0.2) is 29.3 Å². The maximum Gasteiger partial charge on any atom is 0.193 e. The lowest BCUT2D eigenvalue weighted by Crippen LogP contribution is -2.34. The minimum Gasteiger partial charge on any atom is -0.370 e. The van der Waals surface area contributed by atoms with Crippen LogP contribution in [0, 0.1) is 5.92 Å². The fourth-order valence-corrected chi connectivity index (χ4v) is 2.84. The van der Waals surface area contributed by atoms with E-state index in [-0.39, 0.29) is 0 Å². The molecule has 1 heterocycles. The first-order valence-electron chi connectivity index (χ1n) is 8.55. The number of nitrogens with zero attached hydrogens (tertiary/aromatic N) is 2. The van der Waals surface area contributed by atoms with Crippen LogP contribution in [-0.2, 0) is 6.42 Å². The average Bonchev–Trinajstić information content (AvgIpc) is 2.53. The highest BCUT2D eigenvalue weighted by atomic mass is 15.1. The number of likely N-dealkylation sites (tertiary alicyclic amines) is 1. The van der Waals surface area contributed by atoms with Gasteiger partial charge in [0.25, 0.3) is 0 Å². The lowest BCUT2D eigenvalue weighted by molar-refractivity contribution is 0.192. The van der Waals surface area contributed by atoms with Crippen LogP contribution in [0.2, 0.25) is 0 Å². The van der Waals surface area contributed by atoms with Gasteiger partial charge in [-0.05, 0) is 68.9 Å². The molecule has 4 nitrogen and oxygen atoms in total. The van der Waals surface area contributed by atoms with E-state index in [4.69, 9.17) is 5.73 Å². The number of aryl methyl sites for hydroxylation is 1. The van der Waals surface area contributed by atoms with E-state index in [0.29, 0.717) is 5.96 Å². The second kappa shape index (κ2) is 8.79. The summed E-state index contributed by atoms with van der Waals surface area (Å²) < 4.78 is 0. The van der Waals surface area contributed by atoms with Crippen molar-refractivity contribution in [3.05, 3.63) is 29.8 Å². The molecule has 1 fully saturated rings. The third kappa shape index (κ3) is 5.68. The standard InChI is InChI=1S/C18H30N4/c1-3-16-6-4-7-17(14-16)21-18(19)20-10-5-11-22-12-8-15(2)9-13-22/h4,6-7,14-15H,3,5,8-13H2,1-2H3,(H3,19,20,21). The molecule has 22 heavy (non-hydrogen) atoms. The molecule has 0 bridgehead atoms. The number of anilines is 1. The van der Waals surface area contributed by atoms with Crippen molar-refractivity contribution >= 4 is 11.6 Å². The van der Waals surface area contributed by atoms with E-state index in [9.17, 15) is 0 Å². The molecule has 0 saturated carbocycles. The molecule has 2 rings (SSSR count). The molecule has 0 unspecified atom stereocenters. The molecule has 0 radical (unpaired) electrons. The number of guanidine groups is 1. The van der Waals surface area contributed by atoms with E-state index in [1.807, 2.05) is 12.1 Å². The van der Waals surface area contributed by atoms with Crippen LogP contribution in [0.4, 0.5) is 5.69 Å². The zero-order valence-electron chi connectivity index (χ0n) is 14.0. The quantitative estimate of drug-likeness (QED) is 0.482. The third-order valence-electron chi connectivity index (χ3n) is 4.40. The number of hydrogen-bond donors (Lipinski definition) is 2. The van der Waals surface area contributed by atoms with Gasteiger partial charge in [-0.25, -0.2) is 0 Å². The number of nitrogens with two attached hydrogens (primary N) is 1.